The van der Waals surface area contributed by atoms with Gasteiger partial charge in [-0.05, 0) is 35.9 Å². The number of sulfone groups is 1. The van der Waals surface area contributed by atoms with Crippen molar-refractivity contribution in [2.24, 2.45) is 0 Å². The third-order valence-electron chi connectivity index (χ3n) is 4.15. The van der Waals surface area contributed by atoms with E-state index in [9.17, 15) is 13.2 Å². The van der Waals surface area contributed by atoms with Gasteiger partial charge in [-0.1, -0.05) is 54.6 Å². The molecule has 0 fully saturated rings. The first-order chi connectivity index (χ1) is 13.4. The first kappa shape index (κ1) is 19.6. The van der Waals surface area contributed by atoms with Gasteiger partial charge in [-0.25, -0.2) is 8.42 Å². The second-order valence-electron chi connectivity index (χ2n) is 6.34. The Kier molecular flexibility index (Phi) is 6.11. The topological polar surface area (TPSA) is 63.7 Å². The summed E-state index contributed by atoms with van der Waals surface area (Å²) in [7, 11) is -3.34. The van der Waals surface area contributed by atoms with Crippen LogP contribution in [0, 0.1) is 0 Å². The summed E-state index contributed by atoms with van der Waals surface area (Å²) in [6.07, 6.45) is 1.13. The molecular weight excluding hydrogens is 374 g/mol. The molecule has 5 nitrogen and oxygen atoms in total. The Bertz CT molecular complexity index is 1030. The number of nitrogens with zero attached hydrogens (tertiary/aromatic N) is 1. The zero-order valence-corrected chi connectivity index (χ0v) is 16.3. The minimum atomic E-state index is -3.34. The van der Waals surface area contributed by atoms with Crippen molar-refractivity contribution in [2.45, 2.75) is 11.4 Å². The van der Waals surface area contributed by atoms with Gasteiger partial charge in [0.05, 0.1) is 11.4 Å². The molecule has 0 aromatic heterocycles. The van der Waals surface area contributed by atoms with E-state index in [1.54, 1.807) is 17.0 Å². The molecule has 0 unspecified atom stereocenters. The molecule has 0 aliphatic carbocycles. The van der Waals surface area contributed by atoms with Crippen LogP contribution in [0.5, 0.6) is 5.75 Å². The number of para-hydroxylation sites is 1. The fourth-order valence-corrected chi connectivity index (χ4v) is 3.37. The average Bonchev–Trinajstić information content (AvgIpc) is 2.71. The van der Waals surface area contributed by atoms with E-state index in [1.165, 1.54) is 12.1 Å². The Morgan fingerprint density at radius 1 is 0.893 bits per heavy atom. The van der Waals surface area contributed by atoms with Crippen LogP contribution in [0.2, 0.25) is 0 Å². The Balaban J connectivity index is 1.76. The highest BCUT2D eigenvalue weighted by Gasteiger charge is 2.17. The lowest BCUT2D eigenvalue weighted by Gasteiger charge is -2.23. The molecule has 0 N–H and O–H groups in total. The lowest BCUT2D eigenvalue weighted by atomic mass is 10.2. The predicted octanol–water partition coefficient (Wildman–Crippen LogP) is 3.70. The molecule has 0 bridgehead atoms. The Morgan fingerprint density at radius 3 is 2.18 bits per heavy atom. The first-order valence-electron chi connectivity index (χ1n) is 8.76. The third kappa shape index (κ3) is 5.20. The van der Waals surface area contributed by atoms with E-state index in [4.69, 9.17) is 4.74 Å². The standard InChI is InChI=1S/C22H21NO4S/c1-28(25,26)21-14-8-13-20(15-21)27-17-22(24)23(19-11-6-3-7-12-19)16-18-9-4-2-5-10-18/h2-15H,16-17H2,1H3. The number of amides is 1. The fraction of sp³-hybridized carbons (Fsp3) is 0.136. The van der Waals surface area contributed by atoms with Gasteiger partial charge in [-0.15, -0.1) is 0 Å². The van der Waals surface area contributed by atoms with Crippen LogP contribution < -0.4 is 9.64 Å². The maximum absolute atomic E-state index is 12.9. The molecule has 0 aliphatic rings. The molecule has 0 atom stereocenters. The van der Waals surface area contributed by atoms with Gasteiger partial charge in [-0.3, -0.25) is 4.79 Å². The molecule has 0 radical (unpaired) electrons. The molecule has 0 saturated heterocycles. The van der Waals surface area contributed by atoms with Gasteiger partial charge in [0.2, 0.25) is 0 Å². The summed E-state index contributed by atoms with van der Waals surface area (Å²) in [6.45, 7) is 0.214. The highest BCUT2D eigenvalue weighted by molar-refractivity contribution is 7.90. The highest BCUT2D eigenvalue weighted by atomic mass is 32.2. The first-order valence-corrected chi connectivity index (χ1v) is 10.6. The van der Waals surface area contributed by atoms with Crippen LogP contribution in [-0.2, 0) is 21.2 Å². The maximum atomic E-state index is 12.9. The van der Waals surface area contributed by atoms with Crippen LogP contribution >= 0.6 is 0 Å². The van der Waals surface area contributed by atoms with Crippen molar-refractivity contribution >= 4 is 21.4 Å². The molecule has 1 amide bonds. The van der Waals surface area contributed by atoms with E-state index in [-0.39, 0.29) is 17.4 Å². The van der Waals surface area contributed by atoms with Crippen LogP contribution in [-0.4, -0.2) is 27.2 Å². The maximum Gasteiger partial charge on any atom is 0.265 e. The molecule has 0 spiro atoms. The van der Waals surface area contributed by atoms with Gasteiger partial charge in [0, 0.05) is 11.9 Å². The SMILES string of the molecule is CS(=O)(=O)c1cccc(OCC(=O)N(Cc2ccccc2)c2ccccc2)c1. The van der Waals surface area contributed by atoms with Gasteiger partial charge in [0.15, 0.2) is 16.4 Å². The van der Waals surface area contributed by atoms with E-state index in [0.717, 1.165) is 17.5 Å². The summed E-state index contributed by atoms with van der Waals surface area (Å²) in [5.41, 5.74) is 1.77. The minimum absolute atomic E-state index is 0.154. The normalized spacial score (nSPS) is 11.0. The van der Waals surface area contributed by atoms with E-state index < -0.39 is 9.84 Å². The predicted molar refractivity (Wildman–Crippen MR) is 109 cm³/mol. The lowest BCUT2D eigenvalue weighted by Crippen LogP contribution is -2.34. The van der Waals surface area contributed by atoms with E-state index in [1.807, 2.05) is 60.7 Å². The molecule has 6 heteroatoms. The largest absolute Gasteiger partial charge is 0.484 e. The van der Waals surface area contributed by atoms with Crippen LogP contribution in [0.4, 0.5) is 5.69 Å². The molecule has 0 aliphatic heterocycles. The Morgan fingerprint density at radius 2 is 1.54 bits per heavy atom. The van der Waals surface area contributed by atoms with Crippen molar-refractivity contribution in [1.82, 2.24) is 0 Å². The van der Waals surface area contributed by atoms with Crippen molar-refractivity contribution < 1.29 is 17.9 Å². The van der Waals surface area contributed by atoms with Crippen LogP contribution in [0.15, 0.2) is 89.8 Å². The molecule has 3 aromatic carbocycles. The molecule has 0 saturated carbocycles. The number of hydrogen-bond donors (Lipinski definition) is 0. The van der Waals surface area contributed by atoms with Crippen molar-refractivity contribution in [3.8, 4) is 5.75 Å². The molecule has 3 aromatic rings. The molecule has 0 heterocycles. The van der Waals surface area contributed by atoms with Crippen LogP contribution in [0.3, 0.4) is 0 Å². The summed E-state index contributed by atoms with van der Waals surface area (Å²) in [6, 6.07) is 25.2. The molecular formula is C22H21NO4S. The van der Waals surface area contributed by atoms with Crippen molar-refractivity contribution in [3.05, 3.63) is 90.5 Å². The van der Waals surface area contributed by atoms with Gasteiger partial charge < -0.3 is 9.64 Å². The van der Waals surface area contributed by atoms with Crippen LogP contribution in [0.25, 0.3) is 0 Å². The number of hydrogen-bond acceptors (Lipinski definition) is 4. The summed E-state index contributed by atoms with van der Waals surface area (Å²) in [5, 5.41) is 0. The second kappa shape index (κ2) is 8.71. The Hall–Kier alpha value is -3.12. The average molecular weight is 395 g/mol. The van der Waals surface area contributed by atoms with Gasteiger partial charge in [0.1, 0.15) is 5.75 Å². The second-order valence-corrected chi connectivity index (χ2v) is 8.35. The number of ether oxygens (including phenoxy) is 1. The third-order valence-corrected chi connectivity index (χ3v) is 5.26. The van der Waals surface area contributed by atoms with Gasteiger partial charge in [0.25, 0.3) is 5.91 Å². The van der Waals surface area contributed by atoms with Gasteiger partial charge in [-0.2, -0.15) is 0 Å². The number of benzene rings is 3. The summed E-state index contributed by atoms with van der Waals surface area (Å²) in [5.74, 6) is 0.115. The lowest BCUT2D eigenvalue weighted by molar-refractivity contribution is -0.120. The van der Waals surface area contributed by atoms with Crippen molar-refractivity contribution in [1.29, 1.82) is 0 Å². The molecule has 144 valence electrons. The molecule has 3 rings (SSSR count). The van der Waals surface area contributed by atoms with E-state index in [2.05, 4.69) is 0 Å². The smallest absolute Gasteiger partial charge is 0.265 e. The van der Waals surface area contributed by atoms with Crippen molar-refractivity contribution in [3.63, 3.8) is 0 Å². The number of anilines is 1. The van der Waals surface area contributed by atoms with E-state index in [0.29, 0.717) is 12.3 Å². The van der Waals surface area contributed by atoms with E-state index >= 15 is 0 Å². The monoisotopic (exact) mass is 395 g/mol. The van der Waals surface area contributed by atoms with Crippen LogP contribution in [0.1, 0.15) is 5.56 Å². The Labute approximate surface area is 165 Å². The highest BCUT2D eigenvalue weighted by Crippen LogP contribution is 2.20. The number of carbonyl (C=O) groups excluding carboxylic acids is 1. The summed E-state index contributed by atoms with van der Waals surface area (Å²) >= 11 is 0. The summed E-state index contributed by atoms with van der Waals surface area (Å²) < 4.78 is 29.0. The zero-order valence-electron chi connectivity index (χ0n) is 15.5. The zero-order chi connectivity index (χ0) is 20.0. The number of rotatable bonds is 7. The summed E-state index contributed by atoms with van der Waals surface area (Å²) in [4.78, 5) is 14.7. The quantitative estimate of drug-likeness (QED) is 0.612. The molecule has 28 heavy (non-hydrogen) atoms. The minimum Gasteiger partial charge on any atom is -0.484 e. The number of carbonyl (C=O) groups is 1. The van der Waals surface area contributed by atoms with Gasteiger partial charge >= 0.3 is 0 Å². The fourth-order valence-electron chi connectivity index (χ4n) is 2.72. The van der Waals surface area contributed by atoms with Crippen molar-refractivity contribution in [2.75, 3.05) is 17.8 Å².